The molecule has 7 heteroatoms. The van der Waals surface area contributed by atoms with Gasteiger partial charge in [-0.15, -0.1) is 0 Å². The van der Waals surface area contributed by atoms with Crippen molar-refractivity contribution in [1.82, 2.24) is 19.8 Å². The van der Waals surface area contributed by atoms with Gasteiger partial charge in [0.1, 0.15) is 11.6 Å². The standard InChI is InChI=1S/C13H24N6O/c1-5-6-19(9-13(20)18(3)4)8-12-15-10(2)7-11(16-12)17-14/h7H,5-6,8-9,14H2,1-4H3,(H,15,16,17). The Balaban J connectivity index is 2.79. The average Bonchev–Trinajstić information content (AvgIpc) is 2.37. The van der Waals surface area contributed by atoms with E-state index in [1.807, 2.05) is 11.8 Å². The number of aryl methyl sites for hydroxylation is 1. The number of anilines is 1. The quantitative estimate of drug-likeness (QED) is 0.554. The first-order valence-corrected chi connectivity index (χ1v) is 6.70. The fourth-order valence-electron chi connectivity index (χ4n) is 1.84. The molecule has 0 atom stereocenters. The van der Waals surface area contributed by atoms with Gasteiger partial charge >= 0.3 is 0 Å². The highest BCUT2D eigenvalue weighted by Crippen LogP contribution is 2.07. The first kappa shape index (κ1) is 16.3. The molecule has 7 nitrogen and oxygen atoms in total. The maximum Gasteiger partial charge on any atom is 0.236 e. The van der Waals surface area contributed by atoms with Crippen LogP contribution in [0.25, 0.3) is 0 Å². The third-order valence-corrected chi connectivity index (χ3v) is 2.81. The number of hydrazine groups is 1. The molecule has 3 N–H and O–H groups in total. The fraction of sp³-hybridized carbons (Fsp3) is 0.615. The number of amides is 1. The molecule has 0 saturated carbocycles. The van der Waals surface area contributed by atoms with Crippen LogP contribution in [-0.4, -0.2) is 52.9 Å². The molecule has 0 saturated heterocycles. The number of nitrogen functional groups attached to an aromatic ring is 1. The molecule has 1 amide bonds. The first-order chi connectivity index (χ1) is 9.46. The number of hydrogen-bond acceptors (Lipinski definition) is 6. The SMILES string of the molecule is CCCN(CC(=O)N(C)C)Cc1nc(C)cc(NN)n1. The molecule has 1 aromatic rings. The van der Waals surface area contributed by atoms with Gasteiger partial charge in [0.05, 0.1) is 13.1 Å². The number of rotatable bonds is 7. The predicted octanol–water partition coefficient (Wildman–Crippen LogP) is 0.371. The number of nitrogens with zero attached hydrogens (tertiary/aromatic N) is 4. The summed E-state index contributed by atoms with van der Waals surface area (Å²) in [5.74, 6) is 6.71. The predicted molar refractivity (Wildman–Crippen MR) is 78.8 cm³/mol. The van der Waals surface area contributed by atoms with Crippen LogP contribution in [0.15, 0.2) is 6.07 Å². The summed E-state index contributed by atoms with van der Waals surface area (Å²) in [7, 11) is 3.51. The third-order valence-electron chi connectivity index (χ3n) is 2.81. The van der Waals surface area contributed by atoms with Gasteiger partial charge in [0.2, 0.25) is 5.91 Å². The fourth-order valence-corrected chi connectivity index (χ4v) is 1.84. The first-order valence-electron chi connectivity index (χ1n) is 6.70. The van der Waals surface area contributed by atoms with E-state index >= 15 is 0 Å². The molecule has 0 unspecified atom stereocenters. The lowest BCUT2D eigenvalue weighted by Gasteiger charge is -2.22. The van der Waals surface area contributed by atoms with E-state index < -0.39 is 0 Å². The van der Waals surface area contributed by atoms with E-state index in [9.17, 15) is 4.79 Å². The van der Waals surface area contributed by atoms with Crippen LogP contribution in [0.2, 0.25) is 0 Å². The molecule has 1 heterocycles. The van der Waals surface area contributed by atoms with Gasteiger partial charge in [-0.25, -0.2) is 15.8 Å². The van der Waals surface area contributed by atoms with Crippen LogP contribution < -0.4 is 11.3 Å². The second-order valence-electron chi connectivity index (χ2n) is 4.95. The van der Waals surface area contributed by atoms with E-state index in [0.717, 1.165) is 18.7 Å². The molecule has 112 valence electrons. The monoisotopic (exact) mass is 280 g/mol. The van der Waals surface area contributed by atoms with E-state index in [0.29, 0.717) is 24.7 Å². The molecule has 0 radical (unpaired) electrons. The van der Waals surface area contributed by atoms with Crippen LogP contribution in [0.3, 0.4) is 0 Å². The number of hydrogen-bond donors (Lipinski definition) is 2. The van der Waals surface area contributed by atoms with Crippen LogP contribution >= 0.6 is 0 Å². The summed E-state index contributed by atoms with van der Waals surface area (Å²) >= 11 is 0. The van der Waals surface area contributed by atoms with Gasteiger partial charge in [-0.1, -0.05) is 6.92 Å². The van der Waals surface area contributed by atoms with Crippen molar-refractivity contribution >= 4 is 11.7 Å². The topological polar surface area (TPSA) is 87.4 Å². The average molecular weight is 280 g/mol. The molecular weight excluding hydrogens is 256 g/mol. The smallest absolute Gasteiger partial charge is 0.236 e. The second-order valence-corrected chi connectivity index (χ2v) is 4.95. The normalized spacial score (nSPS) is 10.7. The minimum Gasteiger partial charge on any atom is -0.348 e. The van der Waals surface area contributed by atoms with E-state index in [1.54, 1.807) is 25.1 Å². The molecule has 1 aromatic heterocycles. The van der Waals surface area contributed by atoms with Crippen LogP contribution in [0.4, 0.5) is 5.82 Å². The number of aromatic nitrogens is 2. The molecule has 0 aliphatic carbocycles. The van der Waals surface area contributed by atoms with Gasteiger partial charge < -0.3 is 10.3 Å². The molecule has 0 aromatic carbocycles. The van der Waals surface area contributed by atoms with Crippen LogP contribution in [0, 0.1) is 6.92 Å². The highest BCUT2D eigenvalue weighted by atomic mass is 16.2. The lowest BCUT2D eigenvalue weighted by atomic mass is 10.3. The summed E-state index contributed by atoms with van der Waals surface area (Å²) in [6.07, 6.45) is 0.967. The number of nitrogens with one attached hydrogen (secondary N) is 1. The van der Waals surface area contributed by atoms with E-state index in [1.165, 1.54) is 0 Å². The summed E-state index contributed by atoms with van der Waals surface area (Å²) in [6.45, 7) is 5.69. The molecule has 0 aliphatic rings. The molecule has 20 heavy (non-hydrogen) atoms. The maximum absolute atomic E-state index is 11.8. The summed E-state index contributed by atoms with van der Waals surface area (Å²) in [6, 6.07) is 1.78. The van der Waals surface area contributed by atoms with Gasteiger partial charge in [0, 0.05) is 25.9 Å². The molecule has 0 aliphatic heterocycles. The van der Waals surface area contributed by atoms with Gasteiger partial charge in [-0.05, 0) is 19.9 Å². The Hall–Kier alpha value is -1.73. The second kappa shape index (κ2) is 7.76. The minimum absolute atomic E-state index is 0.0725. The Morgan fingerprint density at radius 2 is 2.10 bits per heavy atom. The Morgan fingerprint density at radius 3 is 2.65 bits per heavy atom. The van der Waals surface area contributed by atoms with E-state index in [-0.39, 0.29) is 5.91 Å². The van der Waals surface area contributed by atoms with Crippen molar-refractivity contribution in [3.63, 3.8) is 0 Å². The van der Waals surface area contributed by atoms with Crippen molar-refractivity contribution in [3.05, 3.63) is 17.6 Å². The van der Waals surface area contributed by atoms with Crippen molar-refractivity contribution in [3.8, 4) is 0 Å². The van der Waals surface area contributed by atoms with Crippen molar-refractivity contribution in [1.29, 1.82) is 0 Å². The molecular formula is C13H24N6O. The zero-order valence-electron chi connectivity index (χ0n) is 12.7. The van der Waals surface area contributed by atoms with Crippen LogP contribution in [0.5, 0.6) is 0 Å². The summed E-state index contributed by atoms with van der Waals surface area (Å²) in [5, 5.41) is 0. The van der Waals surface area contributed by atoms with E-state index in [2.05, 4.69) is 22.3 Å². The molecule has 0 spiro atoms. The zero-order valence-corrected chi connectivity index (χ0v) is 12.7. The van der Waals surface area contributed by atoms with E-state index in [4.69, 9.17) is 5.84 Å². The summed E-state index contributed by atoms with van der Waals surface area (Å²) in [4.78, 5) is 24.1. The molecule has 0 fully saturated rings. The van der Waals surface area contributed by atoms with Gasteiger partial charge in [0.15, 0.2) is 0 Å². The number of likely N-dealkylation sites (N-methyl/N-ethyl adjacent to an activating group) is 1. The summed E-state index contributed by atoms with van der Waals surface area (Å²) in [5.41, 5.74) is 3.37. The van der Waals surface area contributed by atoms with Crippen molar-refractivity contribution in [2.45, 2.75) is 26.8 Å². The Bertz CT molecular complexity index is 448. The lowest BCUT2D eigenvalue weighted by molar-refractivity contribution is -0.130. The largest absolute Gasteiger partial charge is 0.348 e. The Kier molecular flexibility index (Phi) is 6.33. The third kappa shape index (κ3) is 5.10. The highest BCUT2D eigenvalue weighted by Gasteiger charge is 2.14. The zero-order chi connectivity index (χ0) is 15.1. The molecule has 1 rings (SSSR count). The van der Waals surface area contributed by atoms with Crippen LogP contribution in [-0.2, 0) is 11.3 Å². The number of carbonyl (C=O) groups excluding carboxylic acids is 1. The minimum atomic E-state index is 0.0725. The number of nitrogens with two attached hydrogens (primary N) is 1. The highest BCUT2D eigenvalue weighted by molar-refractivity contribution is 5.77. The lowest BCUT2D eigenvalue weighted by Crippen LogP contribution is -2.37. The summed E-state index contributed by atoms with van der Waals surface area (Å²) < 4.78 is 0. The number of carbonyl (C=O) groups is 1. The van der Waals surface area contributed by atoms with Gasteiger partial charge in [0.25, 0.3) is 0 Å². The van der Waals surface area contributed by atoms with Crippen molar-refractivity contribution in [2.75, 3.05) is 32.6 Å². The maximum atomic E-state index is 11.8. The Morgan fingerprint density at radius 1 is 1.40 bits per heavy atom. The van der Waals surface area contributed by atoms with Crippen molar-refractivity contribution < 1.29 is 4.79 Å². The van der Waals surface area contributed by atoms with Crippen LogP contribution in [0.1, 0.15) is 24.9 Å². The van der Waals surface area contributed by atoms with Gasteiger partial charge in [-0.3, -0.25) is 9.69 Å². The van der Waals surface area contributed by atoms with Gasteiger partial charge in [-0.2, -0.15) is 0 Å². The molecule has 0 bridgehead atoms. The van der Waals surface area contributed by atoms with Crippen molar-refractivity contribution in [2.24, 2.45) is 5.84 Å². The Labute approximate surface area is 120 Å².